The highest BCUT2D eigenvalue weighted by Crippen LogP contribution is 2.47. The molecule has 0 saturated heterocycles. The van der Waals surface area contributed by atoms with Gasteiger partial charge in [0.1, 0.15) is 0 Å². The van der Waals surface area contributed by atoms with E-state index in [0.29, 0.717) is 13.0 Å². The second-order valence-corrected chi connectivity index (χ2v) is 4.86. The number of rotatable bonds is 6. The summed E-state index contributed by atoms with van der Waals surface area (Å²) >= 11 is 0. The average molecular weight is 245 g/mol. The lowest BCUT2D eigenvalue weighted by Crippen LogP contribution is -2.23. The summed E-state index contributed by atoms with van der Waals surface area (Å²) in [4.78, 5) is 10.1. The van der Waals surface area contributed by atoms with Gasteiger partial charge in [-0.25, -0.2) is 0 Å². The number of benzene rings is 1. The summed E-state index contributed by atoms with van der Waals surface area (Å²) in [6.07, 6.45) is 2.85. The number of nitro benzene ring substituents is 1. The number of hydrogen-bond donors (Lipinski definition) is 1. The Morgan fingerprint density at radius 2 is 2.06 bits per heavy atom. The van der Waals surface area contributed by atoms with Crippen molar-refractivity contribution < 1.29 is 4.92 Å². The van der Waals surface area contributed by atoms with Crippen molar-refractivity contribution in [1.29, 1.82) is 5.26 Å². The SMILES string of the molecule is N#CCC1(CNCc2ccc([N+](=O)[O-])cc2)CC1. The van der Waals surface area contributed by atoms with E-state index in [1.807, 2.05) is 0 Å². The molecule has 0 heterocycles. The maximum Gasteiger partial charge on any atom is 0.269 e. The number of nitro groups is 1. The fourth-order valence-corrected chi connectivity index (χ4v) is 1.97. The van der Waals surface area contributed by atoms with E-state index in [-0.39, 0.29) is 11.1 Å². The first-order valence-corrected chi connectivity index (χ1v) is 5.96. The number of nitriles is 1. The lowest BCUT2D eigenvalue weighted by Gasteiger charge is -2.12. The minimum Gasteiger partial charge on any atom is -0.312 e. The predicted molar refractivity (Wildman–Crippen MR) is 66.7 cm³/mol. The Bertz CT molecular complexity index is 472. The number of non-ortho nitro benzene ring substituents is 1. The van der Waals surface area contributed by atoms with Crippen molar-refractivity contribution in [3.05, 3.63) is 39.9 Å². The summed E-state index contributed by atoms with van der Waals surface area (Å²) in [6, 6.07) is 8.77. The molecule has 5 heteroatoms. The molecule has 0 atom stereocenters. The minimum atomic E-state index is -0.399. The summed E-state index contributed by atoms with van der Waals surface area (Å²) in [5, 5.41) is 22.5. The molecule has 1 aromatic rings. The Morgan fingerprint density at radius 1 is 1.39 bits per heavy atom. The zero-order valence-corrected chi connectivity index (χ0v) is 10.1. The van der Waals surface area contributed by atoms with Crippen LogP contribution in [-0.4, -0.2) is 11.5 Å². The first-order chi connectivity index (χ1) is 8.65. The molecule has 0 amide bonds. The molecular formula is C13H15N3O2. The van der Waals surface area contributed by atoms with Crippen LogP contribution in [0.5, 0.6) is 0 Å². The van der Waals surface area contributed by atoms with Crippen molar-refractivity contribution >= 4 is 5.69 Å². The Morgan fingerprint density at radius 3 is 2.56 bits per heavy atom. The third-order valence-electron chi connectivity index (χ3n) is 3.39. The van der Waals surface area contributed by atoms with E-state index in [1.165, 1.54) is 12.1 Å². The molecule has 0 aromatic heterocycles. The van der Waals surface area contributed by atoms with E-state index < -0.39 is 4.92 Å². The molecule has 1 aliphatic carbocycles. The Labute approximate surface area is 106 Å². The van der Waals surface area contributed by atoms with Crippen LogP contribution in [0.1, 0.15) is 24.8 Å². The Kier molecular flexibility index (Phi) is 3.58. The van der Waals surface area contributed by atoms with E-state index in [1.54, 1.807) is 12.1 Å². The Balaban J connectivity index is 1.80. The molecular weight excluding hydrogens is 230 g/mol. The zero-order chi connectivity index (χ0) is 13.0. The average Bonchev–Trinajstić information content (AvgIpc) is 3.10. The smallest absolute Gasteiger partial charge is 0.269 e. The van der Waals surface area contributed by atoms with E-state index in [4.69, 9.17) is 5.26 Å². The van der Waals surface area contributed by atoms with Crippen molar-refractivity contribution in [2.45, 2.75) is 25.8 Å². The number of hydrogen-bond acceptors (Lipinski definition) is 4. The summed E-state index contributed by atoms with van der Waals surface area (Å²) < 4.78 is 0. The zero-order valence-electron chi connectivity index (χ0n) is 10.1. The molecule has 0 radical (unpaired) electrons. The van der Waals surface area contributed by atoms with E-state index in [9.17, 15) is 10.1 Å². The molecule has 1 saturated carbocycles. The maximum atomic E-state index is 10.5. The molecule has 2 rings (SSSR count). The highest BCUT2D eigenvalue weighted by atomic mass is 16.6. The normalized spacial score (nSPS) is 15.9. The minimum absolute atomic E-state index is 0.113. The fourth-order valence-electron chi connectivity index (χ4n) is 1.97. The van der Waals surface area contributed by atoms with Gasteiger partial charge in [0.15, 0.2) is 0 Å². The number of nitrogens with one attached hydrogen (secondary N) is 1. The first-order valence-electron chi connectivity index (χ1n) is 5.96. The van der Waals surface area contributed by atoms with E-state index >= 15 is 0 Å². The van der Waals surface area contributed by atoms with Gasteiger partial charge in [-0.15, -0.1) is 0 Å². The van der Waals surface area contributed by atoms with Crippen LogP contribution in [-0.2, 0) is 6.54 Å². The van der Waals surface area contributed by atoms with E-state index in [2.05, 4.69) is 11.4 Å². The van der Waals surface area contributed by atoms with Crippen molar-refractivity contribution in [2.24, 2.45) is 5.41 Å². The fraction of sp³-hybridized carbons (Fsp3) is 0.462. The van der Waals surface area contributed by atoms with Gasteiger partial charge in [-0.05, 0) is 23.8 Å². The summed E-state index contributed by atoms with van der Waals surface area (Å²) in [6.45, 7) is 1.53. The highest BCUT2D eigenvalue weighted by molar-refractivity contribution is 5.32. The Hall–Kier alpha value is -1.93. The van der Waals surface area contributed by atoms with Crippen LogP contribution < -0.4 is 5.32 Å². The van der Waals surface area contributed by atoms with Gasteiger partial charge in [0, 0.05) is 31.6 Å². The van der Waals surface area contributed by atoms with Gasteiger partial charge in [-0.1, -0.05) is 12.1 Å². The van der Waals surface area contributed by atoms with Crippen molar-refractivity contribution in [2.75, 3.05) is 6.54 Å². The molecule has 1 N–H and O–H groups in total. The predicted octanol–water partition coefficient (Wildman–Crippen LogP) is 2.38. The van der Waals surface area contributed by atoms with Crippen LogP contribution in [0.2, 0.25) is 0 Å². The maximum absolute atomic E-state index is 10.5. The summed E-state index contributed by atoms with van der Waals surface area (Å²) in [5.74, 6) is 0. The van der Waals surface area contributed by atoms with Crippen LogP contribution >= 0.6 is 0 Å². The van der Waals surface area contributed by atoms with Gasteiger partial charge < -0.3 is 5.32 Å². The van der Waals surface area contributed by atoms with Crippen LogP contribution in [0.3, 0.4) is 0 Å². The van der Waals surface area contributed by atoms with Gasteiger partial charge in [0.25, 0.3) is 5.69 Å². The van der Waals surface area contributed by atoms with Gasteiger partial charge in [0.05, 0.1) is 11.0 Å². The summed E-state index contributed by atoms with van der Waals surface area (Å²) in [7, 11) is 0. The lowest BCUT2D eigenvalue weighted by atomic mass is 10.0. The van der Waals surface area contributed by atoms with Crippen LogP contribution in [0.4, 0.5) is 5.69 Å². The third-order valence-corrected chi connectivity index (χ3v) is 3.39. The third kappa shape index (κ3) is 3.05. The molecule has 0 bridgehead atoms. The molecule has 0 aliphatic heterocycles. The standard InChI is InChI=1S/C13H15N3O2/c14-8-7-13(5-6-13)10-15-9-11-1-3-12(4-2-11)16(17)18/h1-4,15H,5-7,9-10H2. The van der Waals surface area contributed by atoms with Gasteiger partial charge in [-0.3, -0.25) is 10.1 Å². The van der Waals surface area contributed by atoms with E-state index in [0.717, 1.165) is 24.9 Å². The molecule has 18 heavy (non-hydrogen) atoms. The monoisotopic (exact) mass is 245 g/mol. The summed E-state index contributed by atoms with van der Waals surface area (Å²) in [5.41, 5.74) is 1.32. The largest absolute Gasteiger partial charge is 0.312 e. The van der Waals surface area contributed by atoms with Crippen LogP contribution in [0.15, 0.2) is 24.3 Å². The van der Waals surface area contributed by atoms with Crippen molar-refractivity contribution in [3.8, 4) is 6.07 Å². The van der Waals surface area contributed by atoms with Crippen molar-refractivity contribution in [1.82, 2.24) is 5.32 Å². The van der Waals surface area contributed by atoms with Crippen LogP contribution in [0, 0.1) is 26.9 Å². The molecule has 1 fully saturated rings. The topological polar surface area (TPSA) is 79.0 Å². The van der Waals surface area contributed by atoms with Crippen molar-refractivity contribution in [3.63, 3.8) is 0 Å². The molecule has 1 aliphatic rings. The molecule has 5 nitrogen and oxygen atoms in total. The van der Waals surface area contributed by atoms with Gasteiger partial charge >= 0.3 is 0 Å². The number of nitrogens with zero attached hydrogens (tertiary/aromatic N) is 2. The molecule has 0 unspecified atom stereocenters. The molecule has 94 valence electrons. The lowest BCUT2D eigenvalue weighted by molar-refractivity contribution is -0.384. The molecule has 0 spiro atoms. The second-order valence-electron chi connectivity index (χ2n) is 4.86. The quantitative estimate of drug-likeness (QED) is 0.616. The highest BCUT2D eigenvalue weighted by Gasteiger charge is 2.41. The second kappa shape index (κ2) is 5.15. The molecule has 1 aromatic carbocycles. The van der Waals surface area contributed by atoms with Gasteiger partial charge in [-0.2, -0.15) is 5.26 Å². The first kappa shape index (κ1) is 12.5. The van der Waals surface area contributed by atoms with Gasteiger partial charge in [0.2, 0.25) is 0 Å². The van der Waals surface area contributed by atoms with Crippen LogP contribution in [0.25, 0.3) is 0 Å².